The molecule has 25 heavy (non-hydrogen) atoms. The van der Waals surface area contributed by atoms with Gasteiger partial charge in [-0.05, 0) is 56.6 Å². The van der Waals surface area contributed by atoms with Crippen LogP contribution in [0.2, 0.25) is 0 Å². The van der Waals surface area contributed by atoms with Crippen molar-refractivity contribution in [3.63, 3.8) is 0 Å². The lowest BCUT2D eigenvalue weighted by molar-refractivity contribution is -0.133. The maximum atomic E-state index is 12.4. The van der Waals surface area contributed by atoms with E-state index in [4.69, 9.17) is 11.5 Å². The minimum atomic E-state index is -0.413. The summed E-state index contributed by atoms with van der Waals surface area (Å²) in [4.78, 5) is 30.6. The second kappa shape index (κ2) is 7.82. The molecule has 136 valence electrons. The molecule has 1 unspecified atom stereocenters. The fourth-order valence-electron chi connectivity index (χ4n) is 3.85. The Labute approximate surface area is 148 Å². The predicted octanol–water partition coefficient (Wildman–Crippen LogP) is 0.902. The Morgan fingerprint density at radius 3 is 2.52 bits per heavy atom. The van der Waals surface area contributed by atoms with Gasteiger partial charge in [0.15, 0.2) is 0 Å². The molecule has 5 N–H and O–H groups in total. The summed E-state index contributed by atoms with van der Waals surface area (Å²) in [6, 6.07) is 3.06. The third kappa shape index (κ3) is 4.10. The molecule has 1 saturated carbocycles. The number of carbonyl (C=O) groups is 2. The number of carbonyl (C=O) groups excluding carboxylic acids is 2. The molecule has 0 aromatic carbocycles. The molecule has 1 aromatic heterocycles. The first kappa shape index (κ1) is 17.7. The second-order valence-electron chi connectivity index (χ2n) is 7.08. The number of nitrogens with two attached hydrogens (primary N) is 2. The number of nitrogen functional groups attached to an aromatic ring is 1. The molecule has 2 aliphatic rings. The van der Waals surface area contributed by atoms with Crippen molar-refractivity contribution >= 4 is 17.6 Å². The Bertz CT molecular complexity index is 622. The topological polar surface area (TPSA) is 114 Å². The molecule has 3 rings (SSSR count). The third-order valence-electron chi connectivity index (χ3n) is 5.40. The summed E-state index contributed by atoms with van der Waals surface area (Å²) < 4.78 is 0. The number of nitrogens with zero attached hydrogens (tertiary/aromatic N) is 2. The quantitative estimate of drug-likeness (QED) is 0.750. The van der Waals surface area contributed by atoms with Gasteiger partial charge in [-0.1, -0.05) is 0 Å². The van der Waals surface area contributed by atoms with Crippen LogP contribution in [-0.2, 0) is 4.79 Å². The zero-order chi connectivity index (χ0) is 17.8. The number of pyridine rings is 1. The van der Waals surface area contributed by atoms with Crippen LogP contribution in [0.3, 0.4) is 0 Å². The zero-order valence-electron chi connectivity index (χ0n) is 14.5. The van der Waals surface area contributed by atoms with Crippen molar-refractivity contribution < 1.29 is 9.59 Å². The van der Waals surface area contributed by atoms with E-state index in [9.17, 15) is 9.59 Å². The number of likely N-dealkylation sites (tertiary alicyclic amines) is 1. The number of anilines is 1. The van der Waals surface area contributed by atoms with E-state index >= 15 is 0 Å². The summed E-state index contributed by atoms with van der Waals surface area (Å²) in [5, 5.41) is 3.02. The number of nitrogens with one attached hydrogen (secondary N) is 1. The van der Waals surface area contributed by atoms with Gasteiger partial charge < -0.3 is 21.7 Å². The SMILES string of the molecule is Nc1ncccc1C(=O)NC1CCC(C(N)C(=O)N2CCCC2)CC1. The van der Waals surface area contributed by atoms with Crippen LogP contribution >= 0.6 is 0 Å². The van der Waals surface area contributed by atoms with Gasteiger partial charge in [0, 0.05) is 25.3 Å². The minimum absolute atomic E-state index is 0.0909. The summed E-state index contributed by atoms with van der Waals surface area (Å²) in [5.41, 5.74) is 12.4. The minimum Gasteiger partial charge on any atom is -0.383 e. The molecule has 0 bridgehead atoms. The van der Waals surface area contributed by atoms with Crippen LogP contribution in [0.5, 0.6) is 0 Å². The molecule has 2 fully saturated rings. The summed E-state index contributed by atoms with van der Waals surface area (Å²) in [6.07, 6.45) is 7.09. The van der Waals surface area contributed by atoms with Crippen LogP contribution in [0.15, 0.2) is 18.3 Å². The van der Waals surface area contributed by atoms with Gasteiger partial charge in [-0.25, -0.2) is 4.98 Å². The lowest BCUT2D eigenvalue weighted by Crippen LogP contribution is -2.49. The van der Waals surface area contributed by atoms with E-state index in [2.05, 4.69) is 10.3 Å². The van der Waals surface area contributed by atoms with E-state index in [0.29, 0.717) is 5.56 Å². The van der Waals surface area contributed by atoms with Crippen molar-refractivity contribution in [2.75, 3.05) is 18.8 Å². The number of hydrogen-bond acceptors (Lipinski definition) is 5. The summed E-state index contributed by atoms with van der Waals surface area (Å²) in [5.74, 6) is 0.344. The van der Waals surface area contributed by atoms with E-state index in [1.807, 2.05) is 4.90 Å². The largest absolute Gasteiger partial charge is 0.383 e. The van der Waals surface area contributed by atoms with Crippen LogP contribution in [0, 0.1) is 5.92 Å². The Balaban J connectivity index is 1.49. The van der Waals surface area contributed by atoms with Crippen LogP contribution in [-0.4, -0.2) is 46.9 Å². The highest BCUT2D eigenvalue weighted by Crippen LogP contribution is 2.28. The van der Waals surface area contributed by atoms with Crippen molar-refractivity contribution in [3.05, 3.63) is 23.9 Å². The average molecular weight is 345 g/mol. The fraction of sp³-hybridized carbons (Fsp3) is 0.611. The Morgan fingerprint density at radius 2 is 1.88 bits per heavy atom. The molecule has 1 aromatic rings. The van der Waals surface area contributed by atoms with E-state index in [1.54, 1.807) is 18.3 Å². The first-order valence-corrected chi connectivity index (χ1v) is 9.12. The van der Waals surface area contributed by atoms with Crippen LogP contribution in [0.25, 0.3) is 0 Å². The van der Waals surface area contributed by atoms with Gasteiger partial charge in [-0.2, -0.15) is 0 Å². The zero-order valence-corrected chi connectivity index (χ0v) is 14.5. The molecule has 7 nitrogen and oxygen atoms in total. The number of amides is 2. The molecule has 1 aliphatic heterocycles. The van der Waals surface area contributed by atoms with E-state index in [0.717, 1.165) is 51.6 Å². The maximum Gasteiger partial charge on any atom is 0.255 e. The van der Waals surface area contributed by atoms with E-state index in [-0.39, 0.29) is 29.6 Å². The highest BCUT2D eigenvalue weighted by molar-refractivity contribution is 5.98. The monoisotopic (exact) mass is 345 g/mol. The Hall–Kier alpha value is -2.15. The second-order valence-corrected chi connectivity index (χ2v) is 7.08. The lowest BCUT2D eigenvalue weighted by Gasteiger charge is -2.33. The number of hydrogen-bond donors (Lipinski definition) is 3. The third-order valence-corrected chi connectivity index (χ3v) is 5.40. The number of rotatable bonds is 4. The molecule has 1 aliphatic carbocycles. The summed E-state index contributed by atoms with van der Waals surface area (Å²) >= 11 is 0. The van der Waals surface area contributed by atoms with Gasteiger partial charge >= 0.3 is 0 Å². The van der Waals surface area contributed by atoms with Crippen LogP contribution in [0.1, 0.15) is 48.9 Å². The summed E-state index contributed by atoms with van der Waals surface area (Å²) in [6.45, 7) is 1.68. The highest BCUT2D eigenvalue weighted by Gasteiger charge is 2.33. The molecular formula is C18H27N5O2. The first-order chi connectivity index (χ1) is 12.1. The molecule has 2 heterocycles. The van der Waals surface area contributed by atoms with Crippen molar-refractivity contribution in [1.82, 2.24) is 15.2 Å². The highest BCUT2D eigenvalue weighted by atomic mass is 16.2. The van der Waals surface area contributed by atoms with Crippen molar-refractivity contribution in [1.29, 1.82) is 0 Å². The molecule has 0 spiro atoms. The van der Waals surface area contributed by atoms with Gasteiger partial charge in [0.25, 0.3) is 5.91 Å². The molecule has 1 saturated heterocycles. The normalized spacial score (nSPS) is 24.8. The standard InChI is InChI=1S/C18H27N5O2/c19-15(18(25)23-10-1-2-11-23)12-5-7-13(8-6-12)22-17(24)14-4-3-9-21-16(14)20/h3-4,9,12-13,15H,1-2,5-8,10-11,19H2,(H2,20,21)(H,22,24). The molecule has 1 atom stereocenters. The van der Waals surface area contributed by atoms with Gasteiger partial charge in [0.2, 0.25) is 5.91 Å². The van der Waals surface area contributed by atoms with Crippen LogP contribution in [0.4, 0.5) is 5.82 Å². The summed E-state index contributed by atoms with van der Waals surface area (Å²) in [7, 11) is 0. The smallest absolute Gasteiger partial charge is 0.255 e. The lowest BCUT2D eigenvalue weighted by atomic mass is 9.81. The van der Waals surface area contributed by atoms with E-state index in [1.165, 1.54) is 0 Å². The van der Waals surface area contributed by atoms with Crippen LogP contribution < -0.4 is 16.8 Å². The maximum absolute atomic E-state index is 12.4. The predicted molar refractivity (Wildman–Crippen MR) is 95.7 cm³/mol. The van der Waals surface area contributed by atoms with Gasteiger partial charge in [-0.15, -0.1) is 0 Å². The number of aromatic nitrogens is 1. The molecular weight excluding hydrogens is 318 g/mol. The van der Waals surface area contributed by atoms with Crippen molar-refractivity contribution in [2.24, 2.45) is 11.7 Å². The first-order valence-electron chi connectivity index (χ1n) is 9.12. The van der Waals surface area contributed by atoms with Gasteiger partial charge in [0.05, 0.1) is 11.6 Å². The molecule has 0 radical (unpaired) electrons. The fourth-order valence-corrected chi connectivity index (χ4v) is 3.85. The average Bonchev–Trinajstić information content (AvgIpc) is 3.16. The Morgan fingerprint density at radius 1 is 1.20 bits per heavy atom. The molecule has 2 amide bonds. The van der Waals surface area contributed by atoms with Crippen molar-refractivity contribution in [2.45, 2.75) is 50.6 Å². The van der Waals surface area contributed by atoms with E-state index < -0.39 is 6.04 Å². The Kier molecular flexibility index (Phi) is 5.53. The molecule has 7 heteroatoms. The van der Waals surface area contributed by atoms with Crippen molar-refractivity contribution in [3.8, 4) is 0 Å². The van der Waals surface area contributed by atoms with Gasteiger partial charge in [-0.3, -0.25) is 9.59 Å². The van der Waals surface area contributed by atoms with Gasteiger partial charge in [0.1, 0.15) is 5.82 Å².